The summed E-state index contributed by atoms with van der Waals surface area (Å²) in [5, 5.41) is 2.76. The quantitative estimate of drug-likeness (QED) is 0.675. The van der Waals surface area contributed by atoms with E-state index in [-0.39, 0.29) is 24.4 Å². The van der Waals surface area contributed by atoms with Crippen LogP contribution in [0.15, 0.2) is 0 Å². The summed E-state index contributed by atoms with van der Waals surface area (Å²) in [5.74, 6) is -0.123. The molecule has 90 valence electrons. The van der Waals surface area contributed by atoms with Gasteiger partial charge in [-0.15, -0.1) is 12.4 Å². The van der Waals surface area contributed by atoms with Gasteiger partial charge in [0.1, 0.15) is 0 Å². The highest BCUT2D eigenvalue weighted by molar-refractivity contribution is 5.85. The molecule has 0 saturated carbocycles. The highest BCUT2D eigenvalue weighted by Crippen LogP contribution is 2.01. The third-order valence-corrected chi connectivity index (χ3v) is 2.26. The van der Waals surface area contributed by atoms with Crippen LogP contribution in [0.25, 0.3) is 0 Å². The van der Waals surface area contributed by atoms with Crippen LogP contribution in [0.3, 0.4) is 0 Å². The summed E-state index contributed by atoms with van der Waals surface area (Å²) in [7, 11) is 2.04. The second-order valence-corrected chi connectivity index (χ2v) is 3.79. The van der Waals surface area contributed by atoms with Gasteiger partial charge in [0.15, 0.2) is 0 Å². The molecule has 6 heteroatoms. The maximum Gasteiger partial charge on any atom is 0.236 e. The lowest BCUT2D eigenvalue weighted by Crippen LogP contribution is -2.48. The summed E-state index contributed by atoms with van der Waals surface area (Å²) in [6.45, 7) is 4.76. The van der Waals surface area contributed by atoms with Crippen molar-refractivity contribution in [2.75, 3.05) is 33.3 Å². The van der Waals surface area contributed by atoms with Crippen LogP contribution in [0.1, 0.15) is 6.92 Å². The zero-order chi connectivity index (χ0) is 10.6. The number of hydrogen-bond donors (Lipinski definition) is 2. The van der Waals surface area contributed by atoms with E-state index >= 15 is 0 Å². The number of nitrogens with zero attached hydrogens (tertiary/aromatic N) is 1. The first-order chi connectivity index (χ1) is 6.59. The fraction of sp³-hybridized carbons (Fsp3) is 0.889. The number of amides is 1. The molecule has 0 radical (unpaired) electrons. The number of ether oxygens (including phenoxy) is 1. The predicted octanol–water partition coefficient (Wildman–Crippen LogP) is -0.798. The Kier molecular flexibility index (Phi) is 6.84. The van der Waals surface area contributed by atoms with Gasteiger partial charge in [-0.3, -0.25) is 4.79 Å². The number of likely N-dealkylation sites (N-methyl/N-ethyl adjacent to an activating group) is 1. The van der Waals surface area contributed by atoms with Crippen molar-refractivity contribution in [1.29, 1.82) is 0 Å². The van der Waals surface area contributed by atoms with Crippen molar-refractivity contribution in [3.63, 3.8) is 0 Å². The number of morpholine rings is 1. The van der Waals surface area contributed by atoms with E-state index in [4.69, 9.17) is 10.5 Å². The lowest BCUT2D eigenvalue weighted by atomic mass is 10.2. The molecule has 5 nitrogen and oxygen atoms in total. The van der Waals surface area contributed by atoms with E-state index in [1.807, 2.05) is 7.05 Å². The number of nitrogens with one attached hydrogen (secondary N) is 1. The molecule has 0 aromatic heterocycles. The summed E-state index contributed by atoms with van der Waals surface area (Å²) < 4.78 is 5.48. The highest BCUT2D eigenvalue weighted by Gasteiger charge is 2.18. The Labute approximate surface area is 96.7 Å². The molecule has 1 rings (SSSR count). The summed E-state index contributed by atoms with van der Waals surface area (Å²) >= 11 is 0. The van der Waals surface area contributed by atoms with Gasteiger partial charge >= 0.3 is 0 Å². The fourth-order valence-electron chi connectivity index (χ4n) is 1.37. The number of halogens is 1. The Morgan fingerprint density at radius 2 is 2.40 bits per heavy atom. The number of carbonyl (C=O) groups excluding carboxylic acids is 1. The topological polar surface area (TPSA) is 67.6 Å². The van der Waals surface area contributed by atoms with Gasteiger partial charge < -0.3 is 20.7 Å². The molecule has 0 spiro atoms. The van der Waals surface area contributed by atoms with Crippen molar-refractivity contribution in [2.24, 2.45) is 5.73 Å². The monoisotopic (exact) mass is 237 g/mol. The number of hydrogen-bond acceptors (Lipinski definition) is 4. The van der Waals surface area contributed by atoms with Crippen molar-refractivity contribution in [3.8, 4) is 0 Å². The lowest BCUT2D eigenvalue weighted by Gasteiger charge is -2.30. The number of nitrogens with two attached hydrogens (primary N) is 1. The molecule has 15 heavy (non-hydrogen) atoms. The average molecular weight is 238 g/mol. The normalized spacial score (nSPS) is 24.1. The third kappa shape index (κ3) is 5.32. The predicted molar refractivity (Wildman–Crippen MR) is 61.1 cm³/mol. The minimum Gasteiger partial charge on any atom is -0.374 e. The molecule has 1 fully saturated rings. The van der Waals surface area contributed by atoms with E-state index in [0.717, 1.165) is 19.7 Å². The van der Waals surface area contributed by atoms with Gasteiger partial charge in [0.2, 0.25) is 5.91 Å². The lowest BCUT2D eigenvalue weighted by molar-refractivity contribution is -0.123. The van der Waals surface area contributed by atoms with Crippen LogP contribution in [0.4, 0.5) is 0 Å². The van der Waals surface area contributed by atoms with E-state index in [0.29, 0.717) is 6.54 Å². The van der Waals surface area contributed by atoms with Gasteiger partial charge in [-0.25, -0.2) is 0 Å². The molecule has 0 aliphatic carbocycles. The van der Waals surface area contributed by atoms with Crippen molar-refractivity contribution in [2.45, 2.75) is 19.1 Å². The zero-order valence-electron chi connectivity index (χ0n) is 9.23. The minimum atomic E-state index is -0.448. The maximum atomic E-state index is 11.2. The van der Waals surface area contributed by atoms with Gasteiger partial charge in [-0.2, -0.15) is 0 Å². The molecule has 3 N–H and O–H groups in total. The molecule has 1 heterocycles. The van der Waals surface area contributed by atoms with Crippen molar-refractivity contribution in [1.82, 2.24) is 10.2 Å². The molecule has 0 aromatic rings. The van der Waals surface area contributed by atoms with Crippen molar-refractivity contribution < 1.29 is 9.53 Å². The summed E-state index contributed by atoms with van der Waals surface area (Å²) in [4.78, 5) is 13.3. The molecule has 1 aliphatic heterocycles. The van der Waals surface area contributed by atoms with Gasteiger partial charge in [0.25, 0.3) is 0 Å². The van der Waals surface area contributed by atoms with Crippen molar-refractivity contribution in [3.05, 3.63) is 0 Å². The largest absolute Gasteiger partial charge is 0.374 e. The molecule has 2 unspecified atom stereocenters. The highest BCUT2D eigenvalue weighted by atomic mass is 35.5. The first-order valence-electron chi connectivity index (χ1n) is 4.93. The van der Waals surface area contributed by atoms with E-state index in [1.54, 1.807) is 6.92 Å². The Bertz CT molecular complexity index is 202. The van der Waals surface area contributed by atoms with Crippen LogP contribution in [0.5, 0.6) is 0 Å². The smallest absolute Gasteiger partial charge is 0.236 e. The Morgan fingerprint density at radius 3 is 2.93 bits per heavy atom. The molecule has 1 aliphatic rings. The first-order valence-corrected chi connectivity index (χ1v) is 4.93. The summed E-state index contributed by atoms with van der Waals surface area (Å²) in [6.07, 6.45) is 0.0939. The number of carbonyl (C=O) groups is 1. The van der Waals surface area contributed by atoms with E-state index in [1.165, 1.54) is 0 Å². The minimum absolute atomic E-state index is 0. The van der Waals surface area contributed by atoms with Crippen LogP contribution < -0.4 is 11.1 Å². The van der Waals surface area contributed by atoms with Gasteiger partial charge in [-0.1, -0.05) is 0 Å². The molecular formula is C9H20ClN3O2. The standard InChI is InChI=1S/C9H19N3O2.ClH/c1-7(10)9(13)11-5-8-6-12(2)3-4-14-8;/h7-8H,3-6,10H2,1-2H3,(H,11,13);1H. The maximum absolute atomic E-state index is 11.2. The van der Waals surface area contributed by atoms with E-state index < -0.39 is 6.04 Å². The Hall–Kier alpha value is -0.360. The van der Waals surface area contributed by atoms with Crippen LogP contribution in [0.2, 0.25) is 0 Å². The second kappa shape index (κ2) is 7.00. The van der Waals surface area contributed by atoms with Gasteiger partial charge in [0, 0.05) is 19.6 Å². The Balaban J connectivity index is 0.00000196. The summed E-state index contributed by atoms with van der Waals surface area (Å²) in [6, 6.07) is -0.448. The molecular weight excluding hydrogens is 218 g/mol. The van der Waals surface area contributed by atoms with Crippen LogP contribution in [0, 0.1) is 0 Å². The van der Waals surface area contributed by atoms with Crippen molar-refractivity contribution >= 4 is 18.3 Å². The molecule has 1 saturated heterocycles. The second-order valence-electron chi connectivity index (χ2n) is 3.79. The number of rotatable bonds is 3. The SMILES string of the molecule is CC(N)C(=O)NCC1CN(C)CCO1.Cl. The van der Waals surface area contributed by atoms with Gasteiger partial charge in [-0.05, 0) is 14.0 Å². The first kappa shape index (κ1) is 14.6. The zero-order valence-corrected chi connectivity index (χ0v) is 10.0. The molecule has 0 bridgehead atoms. The summed E-state index contributed by atoms with van der Waals surface area (Å²) in [5.41, 5.74) is 5.42. The van der Waals surface area contributed by atoms with Crippen LogP contribution >= 0.6 is 12.4 Å². The average Bonchev–Trinajstić information content (AvgIpc) is 2.14. The van der Waals surface area contributed by atoms with Gasteiger partial charge in [0.05, 0.1) is 18.8 Å². The third-order valence-electron chi connectivity index (χ3n) is 2.26. The molecule has 1 amide bonds. The molecule has 0 aromatic carbocycles. The Morgan fingerprint density at radius 1 is 1.73 bits per heavy atom. The van der Waals surface area contributed by atoms with E-state index in [9.17, 15) is 4.79 Å². The fourth-order valence-corrected chi connectivity index (χ4v) is 1.37. The van der Waals surface area contributed by atoms with Crippen LogP contribution in [-0.2, 0) is 9.53 Å². The molecule has 2 atom stereocenters. The van der Waals surface area contributed by atoms with E-state index in [2.05, 4.69) is 10.2 Å². The van der Waals surface area contributed by atoms with Crippen LogP contribution in [-0.4, -0.2) is 56.2 Å².